The van der Waals surface area contributed by atoms with Gasteiger partial charge in [0.25, 0.3) is 0 Å². The van der Waals surface area contributed by atoms with Crippen LogP contribution >= 0.6 is 7.82 Å². The Hall–Kier alpha value is -1.73. The number of carboxylic acids is 1. The van der Waals surface area contributed by atoms with Gasteiger partial charge in [-0.2, -0.15) is 0 Å². The number of carbonyl (C=O) groups excluding carboxylic acids is 1. The summed E-state index contributed by atoms with van der Waals surface area (Å²) in [5.41, 5.74) is -0.524. The third-order valence-electron chi connectivity index (χ3n) is 4.83. The molecule has 1 heterocycles. The van der Waals surface area contributed by atoms with Crippen LogP contribution < -0.4 is 5.32 Å². The summed E-state index contributed by atoms with van der Waals surface area (Å²) >= 11 is 0. The molecule has 3 atom stereocenters. The first-order valence-corrected chi connectivity index (χ1v) is 10.9. The van der Waals surface area contributed by atoms with Crippen molar-refractivity contribution in [1.29, 1.82) is 0 Å². The molecule has 1 amide bonds. The van der Waals surface area contributed by atoms with E-state index in [-0.39, 0.29) is 19.8 Å². The molecule has 2 unspecified atom stereocenters. The van der Waals surface area contributed by atoms with E-state index >= 15 is 0 Å². The Labute approximate surface area is 171 Å². The summed E-state index contributed by atoms with van der Waals surface area (Å²) in [7, 11) is -3.94. The summed E-state index contributed by atoms with van der Waals surface area (Å²) in [5.74, 6) is -2.32. The van der Waals surface area contributed by atoms with E-state index in [1.54, 1.807) is 34.6 Å². The third kappa shape index (κ3) is 6.37. The summed E-state index contributed by atoms with van der Waals surface area (Å²) in [6.07, 6.45) is -1.10. The number of amides is 1. The van der Waals surface area contributed by atoms with Crippen LogP contribution in [0.5, 0.6) is 0 Å². The van der Waals surface area contributed by atoms with Gasteiger partial charge in [-0.15, -0.1) is 0 Å². The lowest BCUT2D eigenvalue weighted by atomic mass is 9.80. The monoisotopic (exact) mass is 427 g/mol. The van der Waals surface area contributed by atoms with E-state index in [0.717, 1.165) is 5.56 Å². The highest BCUT2D eigenvalue weighted by Gasteiger charge is 2.49. The van der Waals surface area contributed by atoms with Crippen molar-refractivity contribution in [3.63, 3.8) is 0 Å². The fourth-order valence-electron chi connectivity index (χ4n) is 2.88. The molecule has 1 aromatic carbocycles. The van der Waals surface area contributed by atoms with Gasteiger partial charge in [-0.3, -0.25) is 23.2 Å². The number of benzene rings is 1. The number of phosphoric ester groups is 1. The molecule has 2 N–H and O–H groups in total. The molecule has 1 fully saturated rings. The number of nitrogens with one attached hydrogen (secondary N) is 1. The lowest BCUT2D eigenvalue weighted by molar-refractivity contribution is -0.147. The van der Waals surface area contributed by atoms with E-state index in [9.17, 15) is 19.3 Å². The van der Waals surface area contributed by atoms with Gasteiger partial charge in [0.15, 0.2) is 6.10 Å². The van der Waals surface area contributed by atoms with E-state index in [1.807, 2.05) is 30.3 Å². The van der Waals surface area contributed by atoms with Gasteiger partial charge in [-0.1, -0.05) is 65.0 Å². The zero-order valence-electron chi connectivity index (χ0n) is 17.5. The Bertz CT molecular complexity index is 773. The van der Waals surface area contributed by atoms with Crippen LogP contribution in [-0.2, 0) is 34.3 Å². The smallest absolute Gasteiger partial charge is 0.475 e. The van der Waals surface area contributed by atoms with Crippen molar-refractivity contribution in [2.24, 2.45) is 16.7 Å². The van der Waals surface area contributed by atoms with Crippen molar-refractivity contribution in [3.05, 3.63) is 35.9 Å². The van der Waals surface area contributed by atoms with Crippen LogP contribution in [-0.4, -0.2) is 36.2 Å². The second-order valence-electron chi connectivity index (χ2n) is 8.96. The maximum absolute atomic E-state index is 12.9. The summed E-state index contributed by atoms with van der Waals surface area (Å²) in [5, 5.41) is 12.1. The van der Waals surface area contributed by atoms with E-state index < -0.39 is 42.6 Å². The van der Waals surface area contributed by atoms with Crippen LogP contribution in [0.3, 0.4) is 0 Å². The molecule has 0 saturated carbocycles. The molecule has 1 aliphatic heterocycles. The molecule has 8 nitrogen and oxygen atoms in total. The molecule has 1 aliphatic rings. The van der Waals surface area contributed by atoms with Crippen molar-refractivity contribution < 1.29 is 32.8 Å². The van der Waals surface area contributed by atoms with Crippen LogP contribution in [0.15, 0.2) is 30.3 Å². The van der Waals surface area contributed by atoms with E-state index in [1.165, 1.54) is 0 Å². The van der Waals surface area contributed by atoms with Gasteiger partial charge in [0.2, 0.25) is 5.91 Å². The van der Waals surface area contributed by atoms with Crippen LogP contribution in [0.2, 0.25) is 0 Å². The second kappa shape index (κ2) is 8.96. The molecule has 0 aromatic heterocycles. The molecule has 0 aliphatic carbocycles. The van der Waals surface area contributed by atoms with Gasteiger partial charge in [0, 0.05) is 12.0 Å². The van der Waals surface area contributed by atoms with Crippen molar-refractivity contribution in [2.45, 2.75) is 47.3 Å². The van der Waals surface area contributed by atoms with Crippen LogP contribution in [0, 0.1) is 16.7 Å². The lowest BCUT2D eigenvalue weighted by Gasteiger charge is -2.39. The molecular weight excluding hydrogens is 397 g/mol. The average Bonchev–Trinajstić information content (AvgIpc) is 2.62. The molecule has 2 rings (SSSR count). The number of rotatable bonds is 7. The molecular formula is C20H30NO7P. The number of hydrogen-bond donors (Lipinski definition) is 2. The Morgan fingerprint density at radius 1 is 1.31 bits per heavy atom. The molecule has 0 spiro atoms. The van der Waals surface area contributed by atoms with E-state index in [2.05, 4.69) is 5.32 Å². The first-order valence-electron chi connectivity index (χ1n) is 9.46. The topological polar surface area (TPSA) is 111 Å². The Balaban J connectivity index is 2.05. The fourth-order valence-corrected chi connectivity index (χ4v) is 4.51. The molecule has 0 radical (unpaired) electrons. The highest BCUT2D eigenvalue weighted by atomic mass is 31.2. The van der Waals surface area contributed by atoms with Gasteiger partial charge < -0.3 is 10.4 Å². The Morgan fingerprint density at radius 2 is 1.93 bits per heavy atom. The van der Waals surface area contributed by atoms with Gasteiger partial charge >= 0.3 is 13.8 Å². The molecule has 0 bridgehead atoms. The van der Waals surface area contributed by atoms with Gasteiger partial charge in [0.05, 0.1) is 19.1 Å². The quantitative estimate of drug-likeness (QED) is 0.640. The molecule has 9 heteroatoms. The second-order valence-corrected chi connectivity index (χ2v) is 10.6. The number of carboxylic acid groups (broad SMARTS) is 1. The fraction of sp³-hybridized carbons (Fsp3) is 0.600. The van der Waals surface area contributed by atoms with Gasteiger partial charge in [-0.25, -0.2) is 4.57 Å². The third-order valence-corrected chi connectivity index (χ3v) is 6.19. The summed E-state index contributed by atoms with van der Waals surface area (Å²) in [4.78, 5) is 24.3. The number of hydrogen-bond acceptors (Lipinski definition) is 6. The predicted molar refractivity (Wildman–Crippen MR) is 107 cm³/mol. The summed E-state index contributed by atoms with van der Waals surface area (Å²) in [6, 6.07) is 9.12. The van der Waals surface area contributed by atoms with Crippen LogP contribution in [0.25, 0.3) is 0 Å². The van der Waals surface area contributed by atoms with Gasteiger partial charge in [-0.05, 0) is 11.0 Å². The van der Waals surface area contributed by atoms with E-state index in [4.69, 9.17) is 13.6 Å². The normalized spacial score (nSPS) is 25.2. The highest BCUT2D eigenvalue weighted by molar-refractivity contribution is 7.48. The average molecular weight is 427 g/mol. The SMILES string of the molecule is CC(C)(C)C(CNC(=O)[C@@H]1OP(=O)(OCc2ccccc2)OCC1(C)C)C(=O)O. The Kier molecular flexibility index (Phi) is 7.28. The number of carbonyl (C=O) groups is 2. The van der Waals surface area contributed by atoms with Crippen molar-refractivity contribution >= 4 is 19.7 Å². The minimum Gasteiger partial charge on any atom is -0.481 e. The lowest BCUT2D eigenvalue weighted by Crippen LogP contribution is -2.51. The van der Waals surface area contributed by atoms with Crippen molar-refractivity contribution in [1.82, 2.24) is 5.32 Å². The number of aliphatic carboxylic acids is 1. The zero-order valence-corrected chi connectivity index (χ0v) is 18.4. The first kappa shape index (κ1) is 23.5. The van der Waals surface area contributed by atoms with Crippen molar-refractivity contribution in [3.8, 4) is 0 Å². The minimum atomic E-state index is -3.94. The minimum absolute atomic E-state index is 0.00121. The zero-order chi connectivity index (χ0) is 21.9. The highest BCUT2D eigenvalue weighted by Crippen LogP contribution is 2.57. The maximum atomic E-state index is 12.9. The largest absolute Gasteiger partial charge is 0.481 e. The van der Waals surface area contributed by atoms with Crippen molar-refractivity contribution in [2.75, 3.05) is 13.2 Å². The maximum Gasteiger partial charge on any atom is 0.475 e. The van der Waals surface area contributed by atoms with Crippen LogP contribution in [0.4, 0.5) is 0 Å². The standard InChI is InChI=1S/C20H30NO7P/c1-19(2,3)15(18(23)24)11-21-17(22)16-20(4,5)13-27-29(25,28-16)26-12-14-9-7-6-8-10-14/h6-10,15-16H,11-13H2,1-5H3,(H,21,22)(H,23,24)/t15?,16-,29?/m0/s1. The molecule has 162 valence electrons. The molecule has 1 aromatic rings. The van der Waals surface area contributed by atoms with Crippen LogP contribution in [0.1, 0.15) is 40.2 Å². The first-order chi connectivity index (χ1) is 13.3. The molecule has 29 heavy (non-hydrogen) atoms. The number of phosphoric acid groups is 1. The summed E-state index contributed by atoms with van der Waals surface area (Å²) in [6.45, 7) is 8.81. The summed E-state index contributed by atoms with van der Waals surface area (Å²) < 4.78 is 29.1. The van der Waals surface area contributed by atoms with E-state index in [0.29, 0.717) is 0 Å². The Morgan fingerprint density at radius 3 is 2.48 bits per heavy atom. The predicted octanol–water partition coefficient (Wildman–Crippen LogP) is 3.62. The van der Waals surface area contributed by atoms with Gasteiger partial charge in [0.1, 0.15) is 0 Å². The molecule has 1 saturated heterocycles.